The third kappa shape index (κ3) is 8.96. The van der Waals surface area contributed by atoms with E-state index in [9.17, 15) is 0 Å². The van der Waals surface area contributed by atoms with Crippen molar-refractivity contribution in [2.45, 2.75) is 38.2 Å². The molecule has 0 aliphatic heterocycles. The van der Waals surface area contributed by atoms with Crippen molar-refractivity contribution in [3.63, 3.8) is 0 Å². The van der Waals surface area contributed by atoms with E-state index in [-0.39, 0.29) is 0 Å². The fourth-order valence-electron chi connectivity index (χ4n) is 0.539. The first kappa shape index (κ1) is 12.0. The first-order valence-corrected chi connectivity index (χ1v) is 7.64. The average molecular weight is 210 g/mol. The molecule has 0 bridgehead atoms. The summed E-state index contributed by atoms with van der Waals surface area (Å²) in [4.78, 5) is 0. The zero-order valence-electron chi connectivity index (χ0n) is 7.63. The summed E-state index contributed by atoms with van der Waals surface area (Å²) < 4.78 is 0.770. The van der Waals surface area contributed by atoms with Crippen LogP contribution in [0.4, 0.5) is 0 Å². The minimum absolute atomic E-state index is 0.770. The quantitative estimate of drug-likeness (QED) is 0.350. The molecule has 11 heavy (non-hydrogen) atoms. The molecule has 3 heteroatoms. The van der Waals surface area contributed by atoms with E-state index < -0.39 is 0 Å². The van der Waals surface area contributed by atoms with Crippen molar-refractivity contribution in [2.75, 3.05) is 11.5 Å². The normalized spacial score (nSPS) is 13.4. The van der Waals surface area contributed by atoms with E-state index in [1.165, 1.54) is 24.3 Å². The van der Waals surface area contributed by atoms with Gasteiger partial charge in [0.05, 0.1) is 4.58 Å². The lowest BCUT2D eigenvalue weighted by atomic mass is 10.6. The highest BCUT2D eigenvalue weighted by Crippen LogP contribution is 2.33. The smallest absolute Gasteiger partial charge is 0.0577 e. The van der Waals surface area contributed by atoms with Gasteiger partial charge in [0.2, 0.25) is 0 Å². The van der Waals surface area contributed by atoms with Crippen LogP contribution in [0.5, 0.6) is 0 Å². The summed E-state index contributed by atoms with van der Waals surface area (Å²) in [6, 6.07) is 0. The Balaban J connectivity index is 3.02. The molecule has 0 radical (unpaired) electrons. The molecule has 0 heterocycles. The zero-order valence-corrected chi connectivity index (χ0v) is 10.1. The Hall–Kier alpha value is 1.05. The molecule has 0 nitrogen and oxygen atoms in total. The highest BCUT2D eigenvalue weighted by Gasteiger charge is 2.01. The van der Waals surface area contributed by atoms with E-state index in [1.807, 2.05) is 21.6 Å². The van der Waals surface area contributed by atoms with Gasteiger partial charge in [-0.1, -0.05) is 35.4 Å². The summed E-state index contributed by atoms with van der Waals surface area (Å²) in [5.41, 5.74) is 0. The van der Waals surface area contributed by atoms with Crippen molar-refractivity contribution >= 4 is 33.3 Å². The van der Waals surface area contributed by atoms with Crippen molar-refractivity contribution in [2.24, 2.45) is 0 Å². The predicted molar refractivity (Wildman–Crippen MR) is 62.6 cm³/mol. The Bertz CT molecular complexity index is 75.7. The van der Waals surface area contributed by atoms with Gasteiger partial charge in [-0.15, -0.1) is 11.8 Å². The minimum atomic E-state index is 0.770. The van der Waals surface area contributed by atoms with E-state index in [1.54, 1.807) is 0 Å². The standard InChI is InChI=1S/C8H18S3/c1-4-6-9-8(3)11-10-7-5-2/h8H,4-7H2,1-3H3. The van der Waals surface area contributed by atoms with E-state index in [0.717, 1.165) is 4.58 Å². The molecule has 0 saturated carbocycles. The average Bonchev–Trinajstić information content (AvgIpc) is 2.01. The van der Waals surface area contributed by atoms with Crippen LogP contribution in [0.1, 0.15) is 33.6 Å². The van der Waals surface area contributed by atoms with E-state index >= 15 is 0 Å². The fourth-order valence-corrected chi connectivity index (χ4v) is 4.44. The van der Waals surface area contributed by atoms with Gasteiger partial charge in [-0.3, -0.25) is 0 Å². The molecule has 0 fully saturated rings. The molecular formula is C8H18S3. The number of thioether (sulfide) groups is 1. The molecule has 0 saturated heterocycles. The topological polar surface area (TPSA) is 0 Å². The van der Waals surface area contributed by atoms with Crippen LogP contribution in [0, 0.1) is 0 Å². The van der Waals surface area contributed by atoms with Crippen molar-refractivity contribution < 1.29 is 0 Å². The zero-order chi connectivity index (χ0) is 8.53. The van der Waals surface area contributed by atoms with E-state index in [2.05, 4.69) is 32.5 Å². The first-order chi connectivity index (χ1) is 5.31. The van der Waals surface area contributed by atoms with Crippen LogP contribution < -0.4 is 0 Å². The lowest BCUT2D eigenvalue weighted by molar-refractivity contribution is 1.10. The highest BCUT2D eigenvalue weighted by molar-refractivity contribution is 8.78. The van der Waals surface area contributed by atoms with Crippen LogP contribution in [0.2, 0.25) is 0 Å². The molecular weight excluding hydrogens is 192 g/mol. The van der Waals surface area contributed by atoms with Crippen molar-refractivity contribution in [3.8, 4) is 0 Å². The van der Waals surface area contributed by atoms with Crippen LogP contribution in [-0.4, -0.2) is 16.1 Å². The Morgan fingerprint density at radius 3 is 2.27 bits per heavy atom. The van der Waals surface area contributed by atoms with Crippen molar-refractivity contribution in [1.29, 1.82) is 0 Å². The number of rotatable bonds is 7. The van der Waals surface area contributed by atoms with Gasteiger partial charge < -0.3 is 0 Å². The first-order valence-electron chi connectivity index (χ1n) is 4.21. The van der Waals surface area contributed by atoms with Gasteiger partial charge in [0.15, 0.2) is 0 Å². The summed E-state index contributed by atoms with van der Waals surface area (Å²) in [7, 11) is 4.03. The van der Waals surface area contributed by atoms with Crippen LogP contribution in [-0.2, 0) is 0 Å². The Morgan fingerprint density at radius 2 is 1.73 bits per heavy atom. The van der Waals surface area contributed by atoms with Gasteiger partial charge in [-0.05, 0) is 25.5 Å². The van der Waals surface area contributed by atoms with Gasteiger partial charge in [0.25, 0.3) is 0 Å². The van der Waals surface area contributed by atoms with Crippen LogP contribution in [0.15, 0.2) is 0 Å². The second kappa shape index (κ2) is 9.14. The molecule has 0 N–H and O–H groups in total. The summed E-state index contributed by atoms with van der Waals surface area (Å²) in [5, 5.41) is 0. The third-order valence-electron chi connectivity index (χ3n) is 1.05. The Kier molecular flexibility index (Phi) is 10.0. The maximum absolute atomic E-state index is 2.30. The molecule has 0 aliphatic carbocycles. The second-order valence-electron chi connectivity index (χ2n) is 2.36. The predicted octanol–water partition coefficient (Wildman–Crippen LogP) is 4.27. The van der Waals surface area contributed by atoms with Gasteiger partial charge in [-0.2, -0.15) is 0 Å². The molecule has 0 spiro atoms. The van der Waals surface area contributed by atoms with Gasteiger partial charge in [0.1, 0.15) is 0 Å². The van der Waals surface area contributed by atoms with Crippen LogP contribution in [0.3, 0.4) is 0 Å². The third-order valence-corrected chi connectivity index (χ3v) is 5.98. The fraction of sp³-hybridized carbons (Fsp3) is 1.00. The molecule has 0 aromatic carbocycles. The lowest BCUT2D eigenvalue weighted by Gasteiger charge is -2.07. The lowest BCUT2D eigenvalue weighted by Crippen LogP contribution is -1.88. The highest BCUT2D eigenvalue weighted by atomic mass is 33.1. The Labute approximate surface area is 83.1 Å². The monoisotopic (exact) mass is 210 g/mol. The number of hydrogen-bond donors (Lipinski definition) is 0. The maximum atomic E-state index is 2.30. The number of hydrogen-bond acceptors (Lipinski definition) is 3. The molecule has 68 valence electrons. The molecule has 0 amide bonds. The largest absolute Gasteiger partial charge is 0.147 e. The van der Waals surface area contributed by atoms with Crippen molar-refractivity contribution in [3.05, 3.63) is 0 Å². The summed E-state index contributed by atoms with van der Waals surface area (Å²) in [6.07, 6.45) is 2.59. The van der Waals surface area contributed by atoms with Crippen LogP contribution in [0.25, 0.3) is 0 Å². The molecule has 0 rings (SSSR count). The molecule has 1 atom stereocenters. The van der Waals surface area contributed by atoms with E-state index in [0.29, 0.717) is 0 Å². The van der Waals surface area contributed by atoms with Gasteiger partial charge in [-0.25, -0.2) is 0 Å². The van der Waals surface area contributed by atoms with Crippen molar-refractivity contribution in [1.82, 2.24) is 0 Å². The SMILES string of the molecule is CCCSSC(C)SCCC. The van der Waals surface area contributed by atoms with Gasteiger partial charge in [0, 0.05) is 5.75 Å². The molecule has 0 aromatic rings. The molecule has 0 aromatic heterocycles. The summed E-state index contributed by atoms with van der Waals surface area (Å²) in [6.45, 7) is 6.77. The summed E-state index contributed by atoms with van der Waals surface area (Å²) >= 11 is 2.07. The maximum Gasteiger partial charge on any atom is 0.0577 e. The minimum Gasteiger partial charge on any atom is -0.147 e. The second-order valence-corrected chi connectivity index (χ2v) is 6.93. The Morgan fingerprint density at radius 1 is 1.09 bits per heavy atom. The van der Waals surface area contributed by atoms with Crippen LogP contribution >= 0.6 is 33.3 Å². The summed E-state index contributed by atoms with van der Waals surface area (Å²) in [5.74, 6) is 2.60. The molecule has 0 aliphatic rings. The van der Waals surface area contributed by atoms with Gasteiger partial charge >= 0.3 is 0 Å². The van der Waals surface area contributed by atoms with E-state index in [4.69, 9.17) is 0 Å². The molecule has 1 unspecified atom stereocenters.